The van der Waals surface area contributed by atoms with Crippen LogP contribution in [-0.4, -0.2) is 47.6 Å². The van der Waals surface area contributed by atoms with E-state index in [2.05, 4.69) is 40.7 Å². The Hall–Kier alpha value is -2.70. The molecule has 0 aromatic heterocycles. The molecule has 2 heterocycles. The van der Waals surface area contributed by atoms with E-state index in [1.807, 2.05) is 12.1 Å². The Bertz CT molecular complexity index is 1020. The van der Waals surface area contributed by atoms with Crippen molar-refractivity contribution in [2.75, 3.05) is 25.0 Å². The van der Waals surface area contributed by atoms with Crippen LogP contribution in [0.2, 0.25) is 0 Å². The second-order valence-corrected chi connectivity index (χ2v) is 9.04. The molecule has 2 aromatic carbocycles. The fourth-order valence-corrected chi connectivity index (χ4v) is 4.94. The fourth-order valence-electron chi connectivity index (χ4n) is 4.94. The number of nitrogens with one attached hydrogen (secondary N) is 2. The molecule has 6 nitrogen and oxygen atoms in total. The summed E-state index contributed by atoms with van der Waals surface area (Å²) in [5, 5.41) is 16.2. The summed E-state index contributed by atoms with van der Waals surface area (Å²) in [6, 6.07) is 13.9. The first kappa shape index (κ1) is 19.3. The Kier molecular flexibility index (Phi) is 4.64. The SMILES string of the molecule is CC12C[C@@H]1C(=O)Nc1cc(C(=O)NC[C@H](O)CN3CCc4ccccc4C3)ccc12. The van der Waals surface area contributed by atoms with Crippen LogP contribution in [0.3, 0.4) is 0 Å². The normalized spacial score (nSPS) is 25.4. The molecule has 1 unspecified atom stereocenters. The van der Waals surface area contributed by atoms with Crippen LogP contribution in [0.5, 0.6) is 0 Å². The lowest BCUT2D eigenvalue weighted by atomic mass is 9.89. The first-order valence-corrected chi connectivity index (χ1v) is 10.6. The molecule has 0 bridgehead atoms. The summed E-state index contributed by atoms with van der Waals surface area (Å²) < 4.78 is 0. The number of aliphatic hydroxyl groups excluding tert-OH is 1. The highest BCUT2D eigenvalue weighted by atomic mass is 16.3. The molecular weight excluding hydrogens is 378 g/mol. The number of fused-ring (bicyclic) bond motifs is 4. The molecule has 6 heteroatoms. The number of benzene rings is 2. The van der Waals surface area contributed by atoms with Crippen molar-refractivity contribution < 1.29 is 14.7 Å². The molecule has 156 valence electrons. The number of aliphatic hydroxyl groups is 1. The van der Waals surface area contributed by atoms with Gasteiger partial charge in [0.25, 0.3) is 5.91 Å². The average molecular weight is 405 g/mol. The van der Waals surface area contributed by atoms with Crippen molar-refractivity contribution >= 4 is 17.5 Å². The zero-order valence-electron chi connectivity index (χ0n) is 17.1. The number of hydrogen-bond donors (Lipinski definition) is 3. The van der Waals surface area contributed by atoms with Gasteiger partial charge in [0.1, 0.15) is 0 Å². The fraction of sp³-hybridized carbons (Fsp3) is 0.417. The molecular formula is C24H27N3O3. The minimum Gasteiger partial charge on any atom is -0.390 e. The molecule has 30 heavy (non-hydrogen) atoms. The van der Waals surface area contributed by atoms with Crippen molar-refractivity contribution in [2.24, 2.45) is 5.92 Å². The summed E-state index contributed by atoms with van der Waals surface area (Å²) in [4.78, 5) is 26.9. The summed E-state index contributed by atoms with van der Waals surface area (Å²) in [6.07, 6.45) is 1.21. The summed E-state index contributed by atoms with van der Waals surface area (Å²) in [5.41, 5.74) is 4.93. The third-order valence-electron chi connectivity index (χ3n) is 6.89. The highest BCUT2D eigenvalue weighted by Crippen LogP contribution is 2.58. The molecule has 2 aliphatic heterocycles. The van der Waals surface area contributed by atoms with Gasteiger partial charge in [-0.05, 0) is 41.7 Å². The van der Waals surface area contributed by atoms with Crippen molar-refractivity contribution in [3.05, 3.63) is 64.7 Å². The first-order chi connectivity index (χ1) is 14.4. The van der Waals surface area contributed by atoms with Crippen molar-refractivity contribution in [3.63, 3.8) is 0 Å². The van der Waals surface area contributed by atoms with Gasteiger partial charge in [0.2, 0.25) is 5.91 Å². The van der Waals surface area contributed by atoms with Gasteiger partial charge >= 0.3 is 0 Å². The van der Waals surface area contributed by atoms with Crippen LogP contribution in [0, 0.1) is 5.92 Å². The van der Waals surface area contributed by atoms with Crippen molar-refractivity contribution in [2.45, 2.75) is 37.8 Å². The monoisotopic (exact) mass is 405 g/mol. The standard InChI is InChI=1S/C24H27N3O3/c1-24-11-20(24)23(30)26-21-10-16(6-7-19(21)24)22(29)25-12-18(28)14-27-9-8-15-4-2-3-5-17(15)13-27/h2-7,10,18,20,28H,8-9,11-14H2,1H3,(H,25,29)(H,26,30)/t18-,20+,24?/m0/s1. The number of carbonyl (C=O) groups excluding carboxylic acids is 2. The van der Waals surface area contributed by atoms with E-state index in [1.165, 1.54) is 11.1 Å². The Balaban J connectivity index is 1.17. The van der Waals surface area contributed by atoms with E-state index in [0.717, 1.165) is 37.2 Å². The van der Waals surface area contributed by atoms with Gasteiger partial charge in [0.15, 0.2) is 0 Å². The van der Waals surface area contributed by atoms with Crippen LogP contribution in [0.4, 0.5) is 5.69 Å². The molecule has 1 saturated carbocycles. The number of carbonyl (C=O) groups is 2. The van der Waals surface area contributed by atoms with Crippen LogP contribution >= 0.6 is 0 Å². The lowest BCUT2D eigenvalue weighted by molar-refractivity contribution is -0.117. The number of nitrogens with zero attached hydrogens (tertiary/aromatic N) is 1. The summed E-state index contributed by atoms with van der Waals surface area (Å²) in [7, 11) is 0. The number of β-amino-alcohol motifs (C(OH)–C–C–N with tert-alkyl or cyclic N) is 1. The topological polar surface area (TPSA) is 81.7 Å². The highest BCUT2D eigenvalue weighted by Gasteiger charge is 2.58. The summed E-state index contributed by atoms with van der Waals surface area (Å²) in [6.45, 7) is 4.55. The molecule has 1 aliphatic carbocycles. The molecule has 3 N–H and O–H groups in total. The second kappa shape index (κ2) is 7.22. The van der Waals surface area contributed by atoms with Crippen LogP contribution in [0.15, 0.2) is 42.5 Å². The van der Waals surface area contributed by atoms with Crippen molar-refractivity contribution in [3.8, 4) is 0 Å². The Morgan fingerprint density at radius 1 is 1.30 bits per heavy atom. The lowest BCUT2D eigenvalue weighted by Gasteiger charge is -2.30. The number of anilines is 1. The Morgan fingerprint density at radius 3 is 2.93 bits per heavy atom. The third kappa shape index (κ3) is 3.40. The molecule has 3 aliphatic rings. The number of rotatable bonds is 5. The van der Waals surface area contributed by atoms with Crippen LogP contribution in [-0.2, 0) is 23.2 Å². The number of hydrogen-bond acceptors (Lipinski definition) is 4. The molecule has 5 rings (SSSR count). The van der Waals surface area contributed by atoms with Crippen molar-refractivity contribution in [1.82, 2.24) is 10.2 Å². The van der Waals surface area contributed by atoms with Crippen molar-refractivity contribution in [1.29, 1.82) is 0 Å². The van der Waals surface area contributed by atoms with Crippen LogP contribution < -0.4 is 10.6 Å². The maximum atomic E-state index is 12.6. The van der Waals surface area contributed by atoms with E-state index >= 15 is 0 Å². The van der Waals surface area contributed by atoms with Crippen LogP contribution in [0.1, 0.15) is 40.4 Å². The van der Waals surface area contributed by atoms with E-state index in [9.17, 15) is 14.7 Å². The summed E-state index contributed by atoms with van der Waals surface area (Å²) in [5.74, 6) is -0.138. The first-order valence-electron chi connectivity index (χ1n) is 10.6. The molecule has 1 fully saturated rings. The minimum atomic E-state index is -0.636. The van der Waals surface area contributed by atoms with E-state index in [1.54, 1.807) is 12.1 Å². The quantitative estimate of drug-likeness (QED) is 0.711. The lowest BCUT2D eigenvalue weighted by Crippen LogP contribution is -2.42. The molecule has 0 radical (unpaired) electrons. The minimum absolute atomic E-state index is 0.0427. The predicted octanol–water partition coefficient (Wildman–Crippen LogP) is 2.07. The van der Waals surface area contributed by atoms with Gasteiger partial charge in [0.05, 0.1) is 6.10 Å². The van der Waals surface area contributed by atoms with Gasteiger partial charge in [-0.1, -0.05) is 37.3 Å². The molecule has 2 aromatic rings. The van der Waals surface area contributed by atoms with Gasteiger partial charge in [0, 0.05) is 48.8 Å². The van der Waals surface area contributed by atoms with Crippen LogP contribution in [0.25, 0.3) is 0 Å². The maximum absolute atomic E-state index is 12.6. The van der Waals surface area contributed by atoms with Gasteiger partial charge in [-0.3, -0.25) is 14.5 Å². The number of amides is 2. The van der Waals surface area contributed by atoms with Gasteiger partial charge in [-0.15, -0.1) is 0 Å². The molecule has 2 amide bonds. The second-order valence-electron chi connectivity index (χ2n) is 9.04. The summed E-state index contributed by atoms with van der Waals surface area (Å²) >= 11 is 0. The molecule has 0 saturated heterocycles. The molecule has 3 atom stereocenters. The average Bonchev–Trinajstić information content (AvgIpc) is 3.45. The zero-order chi connectivity index (χ0) is 20.9. The third-order valence-corrected chi connectivity index (χ3v) is 6.89. The van der Waals surface area contributed by atoms with Gasteiger partial charge in [-0.25, -0.2) is 0 Å². The smallest absolute Gasteiger partial charge is 0.251 e. The Morgan fingerprint density at radius 2 is 2.10 bits per heavy atom. The van der Waals surface area contributed by atoms with Gasteiger partial charge in [-0.2, -0.15) is 0 Å². The van der Waals surface area contributed by atoms with E-state index in [4.69, 9.17) is 0 Å². The largest absolute Gasteiger partial charge is 0.390 e. The van der Waals surface area contributed by atoms with E-state index in [0.29, 0.717) is 12.1 Å². The maximum Gasteiger partial charge on any atom is 0.251 e. The zero-order valence-corrected chi connectivity index (χ0v) is 17.1. The van der Waals surface area contributed by atoms with E-state index in [-0.39, 0.29) is 29.7 Å². The molecule has 0 spiro atoms. The predicted molar refractivity (Wildman–Crippen MR) is 114 cm³/mol. The highest BCUT2D eigenvalue weighted by molar-refractivity contribution is 6.02. The Labute approximate surface area is 176 Å². The van der Waals surface area contributed by atoms with E-state index < -0.39 is 6.10 Å². The van der Waals surface area contributed by atoms with Gasteiger partial charge < -0.3 is 15.7 Å².